The molecule has 1 saturated heterocycles. The molecule has 0 atom stereocenters. The number of benzene rings is 1. The average Bonchev–Trinajstić information content (AvgIpc) is 3.10. The van der Waals surface area contributed by atoms with Crippen molar-refractivity contribution in [1.29, 1.82) is 0 Å². The monoisotopic (exact) mass is 491 g/mol. The van der Waals surface area contributed by atoms with E-state index in [1.165, 1.54) is 0 Å². The molecule has 0 unspecified atom stereocenters. The fraction of sp³-hybridized carbons (Fsp3) is 0.458. The predicted octanol–water partition coefficient (Wildman–Crippen LogP) is 5.48. The fourth-order valence-electron chi connectivity index (χ4n) is 3.82. The molecule has 1 aromatic heterocycles. The Hall–Kier alpha value is -2.58. The summed E-state index contributed by atoms with van der Waals surface area (Å²) in [5, 5.41) is 5.70. The van der Waals surface area contributed by atoms with Gasteiger partial charge in [-0.2, -0.15) is 0 Å². The molecular formula is C24H30ClN3O4S. The van der Waals surface area contributed by atoms with Gasteiger partial charge in [0.15, 0.2) is 5.06 Å². The number of likely N-dealkylation sites (tertiary alicyclic amines) is 1. The van der Waals surface area contributed by atoms with E-state index in [4.69, 9.17) is 16.3 Å². The number of rotatable bonds is 5. The molecule has 0 saturated carbocycles. The smallest absolute Gasteiger partial charge is 0.399 e. The minimum absolute atomic E-state index is 0.0107. The summed E-state index contributed by atoms with van der Waals surface area (Å²) in [5.74, 6) is -0.406. The number of carbonyl (C=O) groups is 3. The topological polar surface area (TPSA) is 87.7 Å². The molecule has 3 amide bonds. The summed E-state index contributed by atoms with van der Waals surface area (Å²) in [6, 6.07) is 8.41. The molecule has 1 fully saturated rings. The molecule has 1 aromatic carbocycles. The molecule has 0 aliphatic carbocycles. The van der Waals surface area contributed by atoms with E-state index in [-0.39, 0.29) is 11.3 Å². The maximum absolute atomic E-state index is 13.0. The van der Waals surface area contributed by atoms with E-state index in [0.29, 0.717) is 20.7 Å². The van der Waals surface area contributed by atoms with E-state index in [2.05, 4.69) is 24.5 Å². The summed E-state index contributed by atoms with van der Waals surface area (Å²) >= 11 is 6.96. The first-order valence-electron chi connectivity index (χ1n) is 10.8. The lowest BCUT2D eigenvalue weighted by Crippen LogP contribution is -2.53. The zero-order chi connectivity index (χ0) is 24.4. The third-order valence-corrected chi connectivity index (χ3v) is 6.74. The maximum atomic E-state index is 13.0. The first-order chi connectivity index (χ1) is 15.4. The molecule has 7 nitrogen and oxygen atoms in total. The highest BCUT2D eigenvalue weighted by Gasteiger charge is 2.32. The summed E-state index contributed by atoms with van der Waals surface area (Å²) in [6.07, 6.45) is 1.35. The SMILES string of the molecule is Cc1cc(NC(=O)C(C)(C)NC(=O)Oc2ccc(Cl)s2)ccc1C(=O)N1CCCC(C)(C)C1. The summed E-state index contributed by atoms with van der Waals surface area (Å²) in [5.41, 5.74) is 0.828. The molecule has 2 N–H and O–H groups in total. The van der Waals surface area contributed by atoms with Crippen LogP contribution in [0.15, 0.2) is 30.3 Å². The van der Waals surface area contributed by atoms with E-state index >= 15 is 0 Å². The number of thiophene rings is 1. The minimum atomic E-state index is -1.24. The molecule has 2 heterocycles. The molecule has 0 spiro atoms. The number of piperidine rings is 1. The van der Waals surface area contributed by atoms with Crippen molar-refractivity contribution in [1.82, 2.24) is 10.2 Å². The lowest BCUT2D eigenvalue weighted by atomic mass is 9.84. The van der Waals surface area contributed by atoms with Crippen LogP contribution in [0.1, 0.15) is 56.5 Å². The van der Waals surface area contributed by atoms with Crippen LogP contribution in [0.25, 0.3) is 0 Å². The molecule has 178 valence electrons. The highest BCUT2D eigenvalue weighted by Crippen LogP contribution is 2.30. The number of nitrogens with zero attached hydrogens (tertiary/aromatic N) is 1. The molecule has 33 heavy (non-hydrogen) atoms. The number of hydrogen-bond acceptors (Lipinski definition) is 5. The van der Waals surface area contributed by atoms with Gasteiger partial charge < -0.3 is 20.3 Å². The van der Waals surface area contributed by atoms with Crippen molar-refractivity contribution in [2.75, 3.05) is 18.4 Å². The van der Waals surface area contributed by atoms with E-state index in [1.807, 2.05) is 11.8 Å². The van der Waals surface area contributed by atoms with Gasteiger partial charge in [-0.3, -0.25) is 9.59 Å². The summed E-state index contributed by atoms with van der Waals surface area (Å²) in [4.78, 5) is 39.9. The number of aryl methyl sites for hydroxylation is 1. The summed E-state index contributed by atoms with van der Waals surface area (Å²) in [6.45, 7) is 10.9. The van der Waals surface area contributed by atoms with Crippen LogP contribution in [-0.4, -0.2) is 41.4 Å². The number of carbonyl (C=O) groups excluding carboxylic acids is 3. The Bertz CT molecular complexity index is 1060. The Kier molecular flexibility index (Phi) is 7.39. The van der Waals surface area contributed by atoms with Crippen LogP contribution in [-0.2, 0) is 4.79 Å². The van der Waals surface area contributed by atoms with Crippen molar-refractivity contribution in [2.45, 2.75) is 53.0 Å². The number of amides is 3. The van der Waals surface area contributed by atoms with Gasteiger partial charge in [0.2, 0.25) is 5.91 Å². The molecule has 1 aliphatic rings. The Morgan fingerprint density at radius 2 is 1.91 bits per heavy atom. The highest BCUT2D eigenvalue weighted by atomic mass is 35.5. The van der Waals surface area contributed by atoms with Gasteiger partial charge in [-0.15, -0.1) is 0 Å². The quantitative estimate of drug-likeness (QED) is 0.579. The van der Waals surface area contributed by atoms with E-state index in [9.17, 15) is 14.4 Å². The van der Waals surface area contributed by atoms with Crippen LogP contribution in [0.2, 0.25) is 4.34 Å². The van der Waals surface area contributed by atoms with Gasteiger partial charge in [0.1, 0.15) is 5.54 Å². The first-order valence-corrected chi connectivity index (χ1v) is 12.0. The zero-order valence-electron chi connectivity index (χ0n) is 19.6. The van der Waals surface area contributed by atoms with Crippen molar-refractivity contribution in [3.05, 3.63) is 45.8 Å². The normalized spacial score (nSPS) is 15.6. The first kappa shape index (κ1) is 25.1. The number of ether oxygens (including phenoxy) is 1. The van der Waals surface area contributed by atoms with E-state index < -0.39 is 17.5 Å². The molecule has 2 aromatic rings. The highest BCUT2D eigenvalue weighted by molar-refractivity contribution is 7.17. The standard InChI is InChI=1S/C24H30ClN3O4S/c1-15-13-16(7-8-17(15)20(29)28-12-6-11-23(2,3)14-28)26-21(30)24(4,5)27-22(31)32-19-10-9-18(25)33-19/h7-10,13H,6,11-12,14H2,1-5H3,(H,26,30)(H,27,31). The third-order valence-electron chi connectivity index (χ3n) is 5.63. The third kappa shape index (κ3) is 6.48. The molecule has 0 bridgehead atoms. The Balaban J connectivity index is 1.62. The molecule has 0 radical (unpaired) electrons. The fourth-order valence-corrected chi connectivity index (χ4v) is 4.69. The van der Waals surface area contributed by atoms with Crippen molar-refractivity contribution in [3.63, 3.8) is 0 Å². The van der Waals surface area contributed by atoms with Crippen LogP contribution in [0, 0.1) is 12.3 Å². The van der Waals surface area contributed by atoms with Crippen LogP contribution in [0.4, 0.5) is 10.5 Å². The Morgan fingerprint density at radius 3 is 2.52 bits per heavy atom. The van der Waals surface area contributed by atoms with E-state index in [0.717, 1.165) is 42.8 Å². The second kappa shape index (κ2) is 9.73. The second-order valence-corrected chi connectivity index (χ2v) is 11.4. The predicted molar refractivity (Wildman–Crippen MR) is 131 cm³/mol. The van der Waals surface area contributed by atoms with Gasteiger partial charge >= 0.3 is 6.09 Å². The van der Waals surface area contributed by atoms with Gasteiger partial charge in [-0.1, -0.05) is 36.8 Å². The zero-order valence-corrected chi connectivity index (χ0v) is 21.2. The average molecular weight is 492 g/mol. The second-order valence-electron chi connectivity index (χ2n) is 9.68. The van der Waals surface area contributed by atoms with Gasteiger partial charge in [0, 0.05) is 24.3 Å². The van der Waals surface area contributed by atoms with Crippen molar-refractivity contribution >= 4 is 46.5 Å². The van der Waals surface area contributed by atoms with Crippen molar-refractivity contribution in [2.24, 2.45) is 5.41 Å². The number of hydrogen-bond donors (Lipinski definition) is 2. The van der Waals surface area contributed by atoms with E-state index in [1.54, 1.807) is 44.2 Å². The number of nitrogens with one attached hydrogen (secondary N) is 2. The molecular weight excluding hydrogens is 462 g/mol. The molecule has 3 rings (SSSR count). The number of halogens is 1. The van der Waals surface area contributed by atoms with Crippen LogP contribution in [0.3, 0.4) is 0 Å². The lowest BCUT2D eigenvalue weighted by molar-refractivity contribution is -0.121. The Morgan fingerprint density at radius 1 is 1.18 bits per heavy atom. The lowest BCUT2D eigenvalue weighted by Gasteiger charge is -2.38. The van der Waals surface area contributed by atoms with Gasteiger partial charge in [0.05, 0.1) is 4.34 Å². The van der Waals surface area contributed by atoms with Crippen LogP contribution in [0.5, 0.6) is 5.06 Å². The van der Waals surface area contributed by atoms with Crippen LogP contribution < -0.4 is 15.4 Å². The van der Waals surface area contributed by atoms with Gasteiger partial charge in [-0.25, -0.2) is 4.79 Å². The minimum Gasteiger partial charge on any atom is -0.399 e. The summed E-state index contributed by atoms with van der Waals surface area (Å²) in [7, 11) is 0. The largest absolute Gasteiger partial charge is 0.414 e. The maximum Gasteiger partial charge on any atom is 0.414 e. The van der Waals surface area contributed by atoms with Crippen LogP contribution >= 0.6 is 22.9 Å². The van der Waals surface area contributed by atoms with Crippen molar-refractivity contribution < 1.29 is 19.1 Å². The number of anilines is 1. The molecule has 1 aliphatic heterocycles. The van der Waals surface area contributed by atoms with Gasteiger partial charge in [-0.05, 0) is 74.9 Å². The summed E-state index contributed by atoms with van der Waals surface area (Å²) < 4.78 is 5.66. The molecule has 9 heteroatoms. The Labute approximate surface area is 203 Å². The van der Waals surface area contributed by atoms with Gasteiger partial charge in [0.25, 0.3) is 5.91 Å². The van der Waals surface area contributed by atoms with Crippen molar-refractivity contribution in [3.8, 4) is 5.06 Å².